The molecule has 2 bridgehead atoms. The molecule has 0 saturated carbocycles. The lowest BCUT2D eigenvalue weighted by molar-refractivity contribution is -0.132. The van der Waals surface area contributed by atoms with Crippen LogP contribution in [0.1, 0.15) is 29.7 Å². The number of carbonyl (C=O) groups is 1. The third kappa shape index (κ3) is 3.19. The van der Waals surface area contributed by atoms with Crippen LogP contribution in [0.15, 0.2) is 30.3 Å². The number of amides is 1. The van der Waals surface area contributed by atoms with Gasteiger partial charge in [-0.1, -0.05) is 40.9 Å². The molecular weight excluding hydrogens is 417 g/mol. The van der Waals surface area contributed by atoms with Crippen LogP contribution in [0.3, 0.4) is 0 Å². The third-order valence-corrected chi connectivity index (χ3v) is 5.90. The Balaban J connectivity index is 1.75. The number of rotatable bonds is 2. The zero-order chi connectivity index (χ0) is 20.2. The summed E-state index contributed by atoms with van der Waals surface area (Å²) in [6.07, 6.45) is 0. The molecule has 0 aliphatic carbocycles. The van der Waals surface area contributed by atoms with Gasteiger partial charge in [0.25, 0.3) is 0 Å². The van der Waals surface area contributed by atoms with Crippen LogP contribution < -0.4 is 20.7 Å². The van der Waals surface area contributed by atoms with Gasteiger partial charge in [-0.05, 0) is 56.8 Å². The van der Waals surface area contributed by atoms with Crippen molar-refractivity contribution in [3.63, 3.8) is 0 Å². The van der Waals surface area contributed by atoms with Gasteiger partial charge in [0.2, 0.25) is 5.91 Å². The van der Waals surface area contributed by atoms with Gasteiger partial charge in [0.15, 0.2) is 10.8 Å². The summed E-state index contributed by atoms with van der Waals surface area (Å²) in [7, 11) is 0. The van der Waals surface area contributed by atoms with E-state index in [9.17, 15) is 4.79 Å². The van der Waals surface area contributed by atoms with E-state index in [-0.39, 0.29) is 5.91 Å². The Bertz CT molecular complexity index is 1010. The van der Waals surface area contributed by atoms with Crippen molar-refractivity contribution >= 4 is 52.1 Å². The second-order valence-corrected chi connectivity index (χ2v) is 8.63. The average molecular weight is 436 g/mol. The molecule has 3 N–H and O–H groups in total. The standard InChI is InChI=1S/C20H19Cl2N3O2S/c1-9-4-5-14(10(2)6-9)23-18(26)15-16-12-7-11(21)8-13(22)17(12)27-20(15,3)25-19(28)24-16/h4-8,15-16H,1-3H3,(H,23,26)(H2,24,25,28). The Morgan fingerprint density at radius 3 is 2.71 bits per heavy atom. The molecule has 1 amide bonds. The summed E-state index contributed by atoms with van der Waals surface area (Å²) in [5.41, 5.74) is 2.53. The van der Waals surface area contributed by atoms with E-state index in [2.05, 4.69) is 16.0 Å². The van der Waals surface area contributed by atoms with Gasteiger partial charge < -0.3 is 20.7 Å². The zero-order valence-corrected chi connectivity index (χ0v) is 17.9. The molecule has 1 saturated heterocycles. The van der Waals surface area contributed by atoms with Gasteiger partial charge in [0.05, 0.1) is 11.1 Å². The molecule has 5 nitrogen and oxygen atoms in total. The van der Waals surface area contributed by atoms with Crippen LogP contribution in [0.25, 0.3) is 0 Å². The normalized spacial score (nSPS) is 25.1. The molecule has 2 aliphatic heterocycles. The molecule has 3 unspecified atom stereocenters. The van der Waals surface area contributed by atoms with Gasteiger partial charge in [0.1, 0.15) is 11.7 Å². The number of halogens is 2. The predicted molar refractivity (Wildman–Crippen MR) is 115 cm³/mol. The van der Waals surface area contributed by atoms with Crippen LogP contribution in [-0.2, 0) is 4.79 Å². The summed E-state index contributed by atoms with van der Waals surface area (Å²) in [6, 6.07) is 8.83. The lowest BCUT2D eigenvalue weighted by atomic mass is 9.80. The van der Waals surface area contributed by atoms with Crippen molar-refractivity contribution in [1.29, 1.82) is 0 Å². The molecule has 8 heteroatoms. The number of hydrogen-bond acceptors (Lipinski definition) is 3. The molecule has 0 aromatic heterocycles. The van der Waals surface area contributed by atoms with E-state index in [1.165, 1.54) is 0 Å². The highest BCUT2D eigenvalue weighted by Crippen LogP contribution is 2.49. The van der Waals surface area contributed by atoms with Crippen LogP contribution in [0.4, 0.5) is 5.69 Å². The zero-order valence-electron chi connectivity index (χ0n) is 15.5. The van der Waals surface area contributed by atoms with Gasteiger partial charge in [-0.3, -0.25) is 4.79 Å². The fourth-order valence-corrected chi connectivity index (χ4v) is 4.80. The minimum Gasteiger partial charge on any atom is -0.466 e. The van der Waals surface area contributed by atoms with E-state index >= 15 is 0 Å². The molecule has 0 radical (unpaired) electrons. The Hall–Kier alpha value is -2.02. The van der Waals surface area contributed by atoms with E-state index in [0.717, 1.165) is 16.8 Å². The molecule has 28 heavy (non-hydrogen) atoms. The first kappa shape index (κ1) is 19.3. The maximum absolute atomic E-state index is 13.3. The Morgan fingerprint density at radius 1 is 1.25 bits per heavy atom. The molecular formula is C20H19Cl2N3O2S. The molecule has 2 aliphatic rings. The molecule has 0 spiro atoms. The second kappa shape index (κ2) is 6.79. The summed E-state index contributed by atoms with van der Waals surface area (Å²) in [5, 5.41) is 10.6. The van der Waals surface area contributed by atoms with Gasteiger partial charge in [-0.15, -0.1) is 0 Å². The Labute approximate surface area is 178 Å². The number of ether oxygens (including phenoxy) is 1. The first-order valence-corrected chi connectivity index (χ1v) is 9.99. The lowest BCUT2D eigenvalue weighted by Crippen LogP contribution is -2.70. The van der Waals surface area contributed by atoms with E-state index in [1.807, 2.05) is 32.0 Å². The van der Waals surface area contributed by atoms with Crippen molar-refractivity contribution in [2.45, 2.75) is 32.5 Å². The highest BCUT2D eigenvalue weighted by atomic mass is 35.5. The smallest absolute Gasteiger partial charge is 0.236 e. The molecule has 4 rings (SSSR count). The van der Waals surface area contributed by atoms with Gasteiger partial charge in [0, 0.05) is 16.3 Å². The van der Waals surface area contributed by atoms with E-state index in [0.29, 0.717) is 26.5 Å². The maximum atomic E-state index is 13.3. The summed E-state index contributed by atoms with van der Waals surface area (Å²) >= 11 is 17.9. The quantitative estimate of drug-likeness (QED) is 0.606. The topological polar surface area (TPSA) is 62.4 Å². The average Bonchev–Trinajstić information content (AvgIpc) is 2.57. The first-order chi connectivity index (χ1) is 13.2. The maximum Gasteiger partial charge on any atom is 0.236 e. The lowest BCUT2D eigenvalue weighted by Gasteiger charge is -2.50. The fourth-order valence-electron chi connectivity index (χ4n) is 3.93. The number of thiocarbonyl (C=S) groups is 1. The van der Waals surface area contributed by atoms with E-state index in [4.69, 9.17) is 40.2 Å². The molecule has 3 atom stereocenters. The molecule has 146 valence electrons. The summed E-state index contributed by atoms with van der Waals surface area (Å²) in [5.74, 6) is -0.303. The van der Waals surface area contributed by atoms with E-state index < -0.39 is 17.7 Å². The molecule has 2 aromatic rings. The molecule has 2 aromatic carbocycles. The summed E-state index contributed by atoms with van der Waals surface area (Å²) in [6.45, 7) is 5.77. The fraction of sp³-hybridized carbons (Fsp3) is 0.300. The number of aryl methyl sites for hydroxylation is 2. The number of carbonyl (C=O) groups excluding carboxylic acids is 1. The minimum atomic E-state index is -1.06. The van der Waals surface area contributed by atoms with Crippen LogP contribution in [0.2, 0.25) is 10.0 Å². The second-order valence-electron chi connectivity index (χ2n) is 7.38. The number of nitrogens with one attached hydrogen (secondary N) is 3. The highest BCUT2D eigenvalue weighted by molar-refractivity contribution is 7.80. The van der Waals surface area contributed by atoms with Gasteiger partial charge in [-0.25, -0.2) is 0 Å². The van der Waals surface area contributed by atoms with Crippen LogP contribution >= 0.6 is 35.4 Å². The van der Waals surface area contributed by atoms with Crippen LogP contribution in [0, 0.1) is 19.8 Å². The minimum absolute atomic E-state index is 0.191. The van der Waals surface area contributed by atoms with Gasteiger partial charge in [-0.2, -0.15) is 0 Å². The van der Waals surface area contributed by atoms with Crippen molar-refractivity contribution in [1.82, 2.24) is 10.6 Å². The van der Waals surface area contributed by atoms with Crippen LogP contribution in [0.5, 0.6) is 5.75 Å². The summed E-state index contributed by atoms with van der Waals surface area (Å²) < 4.78 is 6.18. The Kier molecular flexibility index (Phi) is 4.68. The van der Waals surface area contributed by atoms with Crippen molar-refractivity contribution in [2.75, 3.05) is 5.32 Å². The monoisotopic (exact) mass is 435 g/mol. The van der Waals surface area contributed by atoms with Crippen molar-refractivity contribution < 1.29 is 9.53 Å². The van der Waals surface area contributed by atoms with Crippen LogP contribution in [-0.4, -0.2) is 16.7 Å². The number of hydrogen-bond donors (Lipinski definition) is 3. The highest BCUT2D eigenvalue weighted by Gasteiger charge is 2.55. The Morgan fingerprint density at radius 2 is 2.00 bits per heavy atom. The van der Waals surface area contributed by atoms with Crippen molar-refractivity contribution in [2.24, 2.45) is 5.92 Å². The van der Waals surface area contributed by atoms with Crippen molar-refractivity contribution in [3.8, 4) is 5.75 Å². The number of anilines is 1. The number of fused-ring (bicyclic) bond motifs is 4. The first-order valence-electron chi connectivity index (χ1n) is 8.83. The third-order valence-electron chi connectivity index (χ3n) is 5.18. The van der Waals surface area contributed by atoms with Crippen molar-refractivity contribution in [3.05, 3.63) is 57.1 Å². The predicted octanol–water partition coefficient (Wildman–Crippen LogP) is 4.49. The van der Waals surface area contributed by atoms with Gasteiger partial charge >= 0.3 is 0 Å². The van der Waals surface area contributed by atoms with E-state index in [1.54, 1.807) is 19.1 Å². The molecule has 2 heterocycles. The largest absolute Gasteiger partial charge is 0.466 e. The molecule has 1 fully saturated rings. The summed E-state index contributed by atoms with van der Waals surface area (Å²) in [4.78, 5) is 13.3. The number of benzene rings is 2. The SMILES string of the molecule is Cc1ccc(NC(=O)C2C3NC(=S)NC2(C)Oc2c(Cl)cc(Cl)cc23)c(C)c1.